The first-order chi connectivity index (χ1) is 8.36. The van der Waals surface area contributed by atoms with Gasteiger partial charge in [0.05, 0.1) is 5.52 Å². The minimum Gasteiger partial charge on any atom is -0.292 e. The van der Waals surface area contributed by atoms with Crippen molar-refractivity contribution in [2.75, 3.05) is 18.1 Å². The molecule has 2 aromatic rings. The third kappa shape index (κ3) is 1.85. The predicted molar refractivity (Wildman–Crippen MR) is 68.9 cm³/mol. The average molecular weight is 228 g/mol. The van der Waals surface area contributed by atoms with Gasteiger partial charge in [-0.05, 0) is 31.4 Å². The number of hydrogen-bond acceptors (Lipinski definition) is 4. The summed E-state index contributed by atoms with van der Waals surface area (Å²) in [5.74, 6) is 1.01. The summed E-state index contributed by atoms with van der Waals surface area (Å²) in [7, 11) is 0. The zero-order valence-corrected chi connectivity index (χ0v) is 9.98. The van der Waals surface area contributed by atoms with E-state index in [1.165, 1.54) is 18.4 Å². The molecule has 0 amide bonds. The summed E-state index contributed by atoms with van der Waals surface area (Å²) in [5.41, 5.74) is 5.64. The predicted octanol–water partition coefficient (Wildman–Crippen LogP) is 2.04. The molecule has 0 radical (unpaired) electrons. The molecule has 0 aliphatic carbocycles. The third-order valence-electron chi connectivity index (χ3n) is 3.22. The Balaban J connectivity index is 2.14. The summed E-state index contributed by atoms with van der Waals surface area (Å²) >= 11 is 0. The molecule has 0 saturated carbocycles. The van der Waals surface area contributed by atoms with Gasteiger partial charge in [-0.1, -0.05) is 12.1 Å². The van der Waals surface area contributed by atoms with Crippen molar-refractivity contribution in [3.63, 3.8) is 0 Å². The van der Waals surface area contributed by atoms with Crippen molar-refractivity contribution < 1.29 is 0 Å². The number of benzene rings is 1. The molecular formula is C13H16N4. The molecule has 0 bridgehead atoms. The molecule has 1 saturated heterocycles. The topological polar surface area (TPSA) is 41.1 Å². The highest BCUT2D eigenvalue weighted by Gasteiger charge is 2.15. The molecule has 4 nitrogen and oxygen atoms in total. The maximum absolute atomic E-state index is 4.44. The maximum atomic E-state index is 4.44. The van der Waals surface area contributed by atoms with Crippen molar-refractivity contribution in [3.05, 3.63) is 30.1 Å². The van der Waals surface area contributed by atoms with Crippen LogP contribution >= 0.6 is 0 Å². The second-order valence-electron chi connectivity index (χ2n) is 4.43. The van der Waals surface area contributed by atoms with Crippen LogP contribution in [0.25, 0.3) is 10.9 Å². The van der Waals surface area contributed by atoms with E-state index in [0.29, 0.717) is 0 Å². The maximum Gasteiger partial charge on any atom is 0.154 e. The zero-order valence-electron chi connectivity index (χ0n) is 9.98. The first-order valence-electron chi connectivity index (χ1n) is 6.07. The van der Waals surface area contributed by atoms with E-state index in [0.717, 1.165) is 29.8 Å². The van der Waals surface area contributed by atoms with Gasteiger partial charge in [-0.2, -0.15) is 0 Å². The molecule has 1 aromatic carbocycles. The summed E-state index contributed by atoms with van der Waals surface area (Å²) in [5, 5.41) is 3.31. The second-order valence-corrected chi connectivity index (χ2v) is 4.43. The summed E-state index contributed by atoms with van der Waals surface area (Å²) < 4.78 is 0. The van der Waals surface area contributed by atoms with Crippen molar-refractivity contribution in [1.82, 2.24) is 15.4 Å². The first-order valence-corrected chi connectivity index (χ1v) is 6.07. The fraction of sp³-hybridized carbons (Fsp3) is 0.385. The van der Waals surface area contributed by atoms with Gasteiger partial charge in [0.1, 0.15) is 6.33 Å². The van der Waals surface area contributed by atoms with E-state index < -0.39 is 0 Å². The SMILES string of the molecule is Cc1cccc2ncnc(N3CCCCN3)c12. The normalized spacial score (nSPS) is 16.4. The summed E-state index contributed by atoms with van der Waals surface area (Å²) in [4.78, 5) is 8.78. The van der Waals surface area contributed by atoms with E-state index in [2.05, 4.69) is 33.4 Å². The van der Waals surface area contributed by atoms with Crippen LogP contribution in [0, 0.1) is 6.92 Å². The van der Waals surface area contributed by atoms with E-state index in [1.807, 2.05) is 12.1 Å². The fourth-order valence-corrected chi connectivity index (χ4v) is 2.33. The van der Waals surface area contributed by atoms with Crippen LogP contribution < -0.4 is 10.4 Å². The minimum absolute atomic E-state index is 1.01. The average Bonchev–Trinajstić information content (AvgIpc) is 2.39. The Bertz CT molecular complexity index is 527. The molecule has 4 heteroatoms. The standard InChI is InChI=1S/C13H16N4/c1-10-5-4-6-11-12(10)13(15-9-14-11)17-8-3-2-7-16-17/h4-6,9,16H,2-3,7-8H2,1H3. The number of rotatable bonds is 1. The van der Waals surface area contributed by atoms with Crippen LogP contribution in [0.2, 0.25) is 0 Å². The molecule has 1 aliphatic rings. The van der Waals surface area contributed by atoms with Crippen LogP contribution in [-0.4, -0.2) is 23.1 Å². The van der Waals surface area contributed by atoms with Crippen molar-refractivity contribution >= 4 is 16.7 Å². The molecule has 88 valence electrons. The quantitative estimate of drug-likeness (QED) is 0.811. The van der Waals surface area contributed by atoms with E-state index in [-0.39, 0.29) is 0 Å². The molecule has 17 heavy (non-hydrogen) atoms. The Morgan fingerprint density at radius 3 is 3.00 bits per heavy atom. The summed E-state index contributed by atoms with van der Waals surface area (Å²) in [6.07, 6.45) is 4.09. The van der Waals surface area contributed by atoms with Crippen LogP contribution in [0.4, 0.5) is 5.82 Å². The molecule has 1 N–H and O–H groups in total. The van der Waals surface area contributed by atoms with Gasteiger partial charge in [-0.3, -0.25) is 5.01 Å². The molecule has 3 rings (SSSR count). The highest BCUT2D eigenvalue weighted by atomic mass is 15.5. The van der Waals surface area contributed by atoms with Crippen LogP contribution in [0.3, 0.4) is 0 Å². The van der Waals surface area contributed by atoms with E-state index in [1.54, 1.807) is 6.33 Å². The van der Waals surface area contributed by atoms with E-state index in [4.69, 9.17) is 0 Å². The van der Waals surface area contributed by atoms with Gasteiger partial charge in [0.2, 0.25) is 0 Å². The van der Waals surface area contributed by atoms with Crippen molar-refractivity contribution in [3.8, 4) is 0 Å². The van der Waals surface area contributed by atoms with Crippen LogP contribution in [0.15, 0.2) is 24.5 Å². The number of hydrogen-bond donors (Lipinski definition) is 1. The van der Waals surface area contributed by atoms with Crippen LogP contribution in [0.5, 0.6) is 0 Å². The Hall–Kier alpha value is -1.68. The Kier molecular flexibility index (Phi) is 2.65. The number of nitrogens with zero attached hydrogens (tertiary/aromatic N) is 3. The third-order valence-corrected chi connectivity index (χ3v) is 3.22. The van der Waals surface area contributed by atoms with E-state index >= 15 is 0 Å². The smallest absolute Gasteiger partial charge is 0.154 e. The number of nitrogens with one attached hydrogen (secondary N) is 1. The molecular weight excluding hydrogens is 212 g/mol. The number of anilines is 1. The lowest BCUT2D eigenvalue weighted by molar-refractivity contribution is 0.508. The number of fused-ring (bicyclic) bond motifs is 1. The lowest BCUT2D eigenvalue weighted by atomic mass is 10.1. The van der Waals surface area contributed by atoms with Gasteiger partial charge in [0, 0.05) is 18.5 Å². The molecule has 0 atom stereocenters. The van der Waals surface area contributed by atoms with Crippen molar-refractivity contribution in [1.29, 1.82) is 0 Å². The van der Waals surface area contributed by atoms with Gasteiger partial charge in [0.25, 0.3) is 0 Å². The lowest BCUT2D eigenvalue weighted by Gasteiger charge is -2.29. The van der Waals surface area contributed by atoms with Crippen LogP contribution in [0.1, 0.15) is 18.4 Å². The molecule has 1 fully saturated rings. The highest BCUT2D eigenvalue weighted by Crippen LogP contribution is 2.25. The summed E-state index contributed by atoms with van der Waals surface area (Å²) in [6.45, 7) is 4.15. The van der Waals surface area contributed by atoms with Gasteiger partial charge in [-0.15, -0.1) is 0 Å². The first kappa shape index (κ1) is 10.5. The van der Waals surface area contributed by atoms with Crippen molar-refractivity contribution in [2.24, 2.45) is 0 Å². The Labute approximate surface area is 101 Å². The molecule has 1 aromatic heterocycles. The Morgan fingerprint density at radius 1 is 1.24 bits per heavy atom. The molecule has 0 spiro atoms. The van der Waals surface area contributed by atoms with Gasteiger partial charge in [-0.25, -0.2) is 15.4 Å². The van der Waals surface area contributed by atoms with E-state index in [9.17, 15) is 0 Å². The van der Waals surface area contributed by atoms with Gasteiger partial charge in [0.15, 0.2) is 5.82 Å². The number of aromatic nitrogens is 2. The Morgan fingerprint density at radius 2 is 2.18 bits per heavy atom. The van der Waals surface area contributed by atoms with Gasteiger partial charge >= 0.3 is 0 Å². The van der Waals surface area contributed by atoms with Crippen molar-refractivity contribution in [2.45, 2.75) is 19.8 Å². The molecule has 2 heterocycles. The fourth-order valence-electron chi connectivity index (χ4n) is 2.33. The van der Waals surface area contributed by atoms with Gasteiger partial charge < -0.3 is 0 Å². The summed E-state index contributed by atoms with van der Waals surface area (Å²) in [6, 6.07) is 6.19. The monoisotopic (exact) mass is 228 g/mol. The zero-order chi connectivity index (χ0) is 11.7. The lowest BCUT2D eigenvalue weighted by Crippen LogP contribution is -2.43. The molecule has 0 unspecified atom stereocenters. The molecule has 1 aliphatic heterocycles. The second kappa shape index (κ2) is 4.30. The largest absolute Gasteiger partial charge is 0.292 e. The number of hydrazine groups is 1. The number of aryl methyl sites for hydroxylation is 1. The highest BCUT2D eigenvalue weighted by molar-refractivity contribution is 5.92. The minimum atomic E-state index is 1.01. The van der Waals surface area contributed by atoms with Crippen LogP contribution in [-0.2, 0) is 0 Å².